The third-order valence-corrected chi connectivity index (χ3v) is 3.90. The van der Waals surface area contributed by atoms with E-state index < -0.39 is 0 Å². The number of primary amides is 1. The lowest BCUT2D eigenvalue weighted by atomic mass is 9.84. The molecule has 0 saturated carbocycles. The number of hydrogen-bond donors (Lipinski definition) is 3. The molecule has 0 aliphatic heterocycles. The molecule has 0 aromatic heterocycles. The SMILES string of the molecule is CC.CCCC(C)(C)C(C)=O.CNC(Cc1ccc(O)cc1)C(N)=O. The Labute approximate surface area is 153 Å². The summed E-state index contributed by atoms with van der Waals surface area (Å²) in [4.78, 5) is 21.8. The Kier molecular flexibility index (Phi) is 13.6. The van der Waals surface area contributed by atoms with Gasteiger partial charge in [-0.15, -0.1) is 0 Å². The highest BCUT2D eigenvalue weighted by Crippen LogP contribution is 2.22. The van der Waals surface area contributed by atoms with Crippen LogP contribution in [0, 0.1) is 5.41 Å². The fourth-order valence-electron chi connectivity index (χ4n) is 2.01. The first kappa shape index (κ1) is 25.4. The summed E-state index contributed by atoms with van der Waals surface area (Å²) in [6.45, 7) is 11.8. The van der Waals surface area contributed by atoms with Gasteiger partial charge in [-0.2, -0.15) is 0 Å². The molecule has 0 fully saturated rings. The van der Waals surface area contributed by atoms with Gasteiger partial charge in [0.15, 0.2) is 0 Å². The number of nitrogens with one attached hydrogen (secondary N) is 1. The number of carbonyl (C=O) groups excluding carboxylic acids is 2. The number of aromatic hydroxyl groups is 1. The minimum Gasteiger partial charge on any atom is -0.508 e. The van der Waals surface area contributed by atoms with Crippen molar-refractivity contribution in [3.8, 4) is 5.75 Å². The first-order valence-corrected chi connectivity index (χ1v) is 8.89. The quantitative estimate of drug-likeness (QED) is 0.701. The van der Waals surface area contributed by atoms with E-state index in [1.807, 2.05) is 27.7 Å². The minimum atomic E-state index is -0.374. The molecule has 5 heteroatoms. The Balaban J connectivity index is 0. The van der Waals surface area contributed by atoms with Crippen molar-refractivity contribution in [1.29, 1.82) is 0 Å². The molecule has 1 unspecified atom stereocenters. The number of amides is 1. The van der Waals surface area contributed by atoms with E-state index in [-0.39, 0.29) is 23.1 Å². The maximum atomic E-state index is 10.9. The number of likely N-dealkylation sites (N-methyl/N-ethyl adjacent to an activating group) is 1. The summed E-state index contributed by atoms with van der Waals surface area (Å²) in [6.07, 6.45) is 2.63. The number of ketones is 1. The van der Waals surface area contributed by atoms with E-state index in [0.717, 1.165) is 18.4 Å². The molecule has 1 atom stereocenters. The van der Waals surface area contributed by atoms with Gasteiger partial charge in [0.2, 0.25) is 5.91 Å². The lowest BCUT2D eigenvalue weighted by Crippen LogP contribution is -2.40. The van der Waals surface area contributed by atoms with Gasteiger partial charge >= 0.3 is 0 Å². The van der Waals surface area contributed by atoms with Gasteiger partial charge in [0.25, 0.3) is 0 Å². The Morgan fingerprint density at radius 3 is 1.96 bits per heavy atom. The molecule has 0 spiro atoms. The molecule has 0 bridgehead atoms. The molecule has 4 N–H and O–H groups in total. The molecule has 0 aliphatic rings. The standard InChI is InChI=1S/C10H14N2O2.C8H16O.C2H6/c1-12-9(10(11)14)6-7-2-4-8(13)5-3-7;1-5-6-8(3,4)7(2)9;1-2/h2-5,9,12-13H,6H2,1H3,(H2,11,14);5-6H2,1-4H3;1-2H3. The van der Waals surface area contributed by atoms with E-state index in [2.05, 4.69) is 12.2 Å². The van der Waals surface area contributed by atoms with Gasteiger partial charge in [-0.25, -0.2) is 0 Å². The molecule has 25 heavy (non-hydrogen) atoms. The van der Waals surface area contributed by atoms with Crippen molar-refractivity contribution >= 4 is 11.7 Å². The van der Waals surface area contributed by atoms with E-state index >= 15 is 0 Å². The van der Waals surface area contributed by atoms with Crippen LogP contribution >= 0.6 is 0 Å². The predicted octanol–water partition coefficient (Wildman–Crippen LogP) is 3.44. The number of Topliss-reactive ketones (excluding diaryl/α,β-unsaturated/α-hetero) is 1. The first-order chi connectivity index (χ1) is 11.6. The smallest absolute Gasteiger partial charge is 0.234 e. The molecular weight excluding hydrogens is 316 g/mol. The van der Waals surface area contributed by atoms with Crippen molar-refractivity contribution in [1.82, 2.24) is 5.32 Å². The van der Waals surface area contributed by atoms with Crippen LogP contribution in [0.1, 0.15) is 59.9 Å². The van der Waals surface area contributed by atoms with Crippen molar-refractivity contribution < 1.29 is 14.7 Å². The monoisotopic (exact) mass is 352 g/mol. The van der Waals surface area contributed by atoms with E-state index in [1.165, 1.54) is 0 Å². The number of rotatable bonds is 7. The van der Waals surface area contributed by atoms with Crippen LogP contribution in [-0.4, -0.2) is 29.9 Å². The highest BCUT2D eigenvalue weighted by atomic mass is 16.3. The molecule has 1 aromatic carbocycles. The van der Waals surface area contributed by atoms with Crippen molar-refractivity contribution in [2.75, 3.05) is 7.05 Å². The summed E-state index contributed by atoms with van der Waals surface area (Å²) in [7, 11) is 1.69. The van der Waals surface area contributed by atoms with E-state index in [4.69, 9.17) is 10.8 Å². The van der Waals surface area contributed by atoms with Crippen LogP contribution in [0.5, 0.6) is 5.75 Å². The molecule has 5 nitrogen and oxygen atoms in total. The first-order valence-electron chi connectivity index (χ1n) is 8.89. The number of hydrogen-bond acceptors (Lipinski definition) is 4. The Morgan fingerprint density at radius 2 is 1.68 bits per heavy atom. The maximum absolute atomic E-state index is 10.9. The molecule has 1 aromatic rings. The lowest BCUT2D eigenvalue weighted by molar-refractivity contribution is -0.125. The Hall–Kier alpha value is -1.88. The van der Waals surface area contributed by atoms with E-state index in [0.29, 0.717) is 12.2 Å². The van der Waals surface area contributed by atoms with Crippen molar-refractivity contribution in [3.63, 3.8) is 0 Å². The minimum absolute atomic E-state index is 0.0885. The molecule has 0 saturated heterocycles. The second-order valence-corrected chi connectivity index (χ2v) is 6.30. The summed E-state index contributed by atoms with van der Waals surface area (Å²) in [5.41, 5.74) is 6.04. The van der Waals surface area contributed by atoms with Crippen LogP contribution < -0.4 is 11.1 Å². The van der Waals surface area contributed by atoms with Gasteiger partial charge in [0.05, 0.1) is 6.04 Å². The molecule has 1 rings (SSSR count). The summed E-state index contributed by atoms with van der Waals surface area (Å²) >= 11 is 0. The average Bonchev–Trinajstić information content (AvgIpc) is 2.56. The number of benzene rings is 1. The van der Waals surface area contributed by atoms with Crippen molar-refractivity contribution in [3.05, 3.63) is 29.8 Å². The zero-order chi connectivity index (χ0) is 20.0. The van der Waals surface area contributed by atoms with Crippen LogP contribution in [-0.2, 0) is 16.0 Å². The summed E-state index contributed by atoms with van der Waals surface area (Å²) in [6, 6.07) is 6.34. The van der Waals surface area contributed by atoms with Crippen LogP contribution in [0.4, 0.5) is 0 Å². The van der Waals surface area contributed by atoms with Crippen LogP contribution in [0.15, 0.2) is 24.3 Å². The molecular formula is C20H36N2O3. The molecule has 1 amide bonds. The third-order valence-electron chi connectivity index (χ3n) is 3.90. The normalized spacial score (nSPS) is 11.3. The number of phenols is 1. The highest BCUT2D eigenvalue weighted by Gasteiger charge is 2.21. The van der Waals surface area contributed by atoms with Gasteiger partial charge in [-0.05, 0) is 44.5 Å². The summed E-state index contributed by atoms with van der Waals surface area (Å²) in [5.74, 6) is 0.138. The lowest BCUT2D eigenvalue weighted by Gasteiger charge is -2.19. The second kappa shape index (κ2) is 13.4. The van der Waals surface area contributed by atoms with Crippen molar-refractivity contribution in [2.24, 2.45) is 11.1 Å². The van der Waals surface area contributed by atoms with E-state index in [1.54, 1.807) is 38.2 Å². The molecule has 0 aliphatic carbocycles. The third kappa shape index (κ3) is 11.3. The van der Waals surface area contributed by atoms with Gasteiger partial charge < -0.3 is 16.2 Å². The highest BCUT2D eigenvalue weighted by molar-refractivity contribution is 5.81. The number of nitrogens with two attached hydrogens (primary N) is 1. The number of carbonyl (C=O) groups is 2. The largest absolute Gasteiger partial charge is 0.508 e. The molecule has 144 valence electrons. The Morgan fingerprint density at radius 1 is 1.20 bits per heavy atom. The fraction of sp³-hybridized carbons (Fsp3) is 0.600. The van der Waals surface area contributed by atoms with Crippen LogP contribution in [0.25, 0.3) is 0 Å². The van der Waals surface area contributed by atoms with Gasteiger partial charge in [-0.3, -0.25) is 9.59 Å². The topological polar surface area (TPSA) is 92.4 Å². The second-order valence-electron chi connectivity index (χ2n) is 6.30. The molecule has 0 heterocycles. The van der Waals surface area contributed by atoms with Crippen LogP contribution in [0.3, 0.4) is 0 Å². The average molecular weight is 353 g/mol. The molecule has 0 radical (unpaired) electrons. The van der Waals surface area contributed by atoms with Gasteiger partial charge in [0.1, 0.15) is 11.5 Å². The predicted molar refractivity (Wildman–Crippen MR) is 105 cm³/mol. The summed E-state index contributed by atoms with van der Waals surface area (Å²) < 4.78 is 0. The van der Waals surface area contributed by atoms with Gasteiger partial charge in [-0.1, -0.05) is 53.2 Å². The zero-order valence-corrected chi connectivity index (χ0v) is 16.8. The number of phenolic OH excluding ortho intramolecular Hbond substituents is 1. The maximum Gasteiger partial charge on any atom is 0.234 e. The fourth-order valence-corrected chi connectivity index (χ4v) is 2.01. The zero-order valence-electron chi connectivity index (χ0n) is 16.8. The van der Waals surface area contributed by atoms with Gasteiger partial charge in [0, 0.05) is 5.41 Å². The van der Waals surface area contributed by atoms with Crippen molar-refractivity contribution in [2.45, 2.75) is 66.8 Å². The van der Waals surface area contributed by atoms with E-state index in [9.17, 15) is 9.59 Å². The van der Waals surface area contributed by atoms with Crippen LogP contribution in [0.2, 0.25) is 0 Å². The Bertz CT molecular complexity index is 496. The summed E-state index contributed by atoms with van der Waals surface area (Å²) in [5, 5.41) is 11.9.